The van der Waals surface area contributed by atoms with Crippen molar-refractivity contribution in [3.63, 3.8) is 0 Å². The van der Waals surface area contributed by atoms with E-state index in [-0.39, 0.29) is 12.5 Å². The van der Waals surface area contributed by atoms with E-state index in [1.54, 1.807) is 4.90 Å². The molecule has 0 aliphatic rings. The Labute approximate surface area is 117 Å². The van der Waals surface area contributed by atoms with Gasteiger partial charge in [0.2, 0.25) is 0 Å². The summed E-state index contributed by atoms with van der Waals surface area (Å²) < 4.78 is 0.930. The zero-order valence-corrected chi connectivity index (χ0v) is 12.5. The molecule has 0 heterocycles. The Hall–Kier alpha value is -0.870. The molecule has 0 aliphatic carbocycles. The number of halogens is 1. The first-order chi connectivity index (χ1) is 8.54. The predicted molar refractivity (Wildman–Crippen MR) is 76.8 cm³/mol. The van der Waals surface area contributed by atoms with Gasteiger partial charge >= 0.3 is 0 Å². The molecule has 4 heteroatoms. The zero-order valence-electron chi connectivity index (χ0n) is 10.9. The highest BCUT2D eigenvalue weighted by atomic mass is 79.9. The number of carbonyl (C=O) groups is 1. The highest BCUT2D eigenvalue weighted by Gasteiger charge is 2.12. The van der Waals surface area contributed by atoms with E-state index in [4.69, 9.17) is 5.11 Å². The minimum Gasteiger partial charge on any atom is -0.396 e. The lowest BCUT2D eigenvalue weighted by molar-refractivity contribution is 0.0792. The molecule has 0 saturated carbocycles. The van der Waals surface area contributed by atoms with Gasteiger partial charge in [0.25, 0.3) is 5.91 Å². The summed E-state index contributed by atoms with van der Waals surface area (Å²) in [5, 5.41) is 8.69. The third-order valence-electron chi connectivity index (χ3n) is 2.79. The quantitative estimate of drug-likeness (QED) is 0.820. The van der Waals surface area contributed by atoms with Gasteiger partial charge in [0, 0.05) is 30.2 Å². The van der Waals surface area contributed by atoms with Crippen molar-refractivity contribution in [2.24, 2.45) is 0 Å². The van der Waals surface area contributed by atoms with Gasteiger partial charge < -0.3 is 10.0 Å². The summed E-state index contributed by atoms with van der Waals surface area (Å²) in [4.78, 5) is 13.9. The van der Waals surface area contributed by atoms with Crippen molar-refractivity contribution >= 4 is 21.8 Å². The Morgan fingerprint density at radius 3 is 2.61 bits per heavy atom. The average Bonchev–Trinajstić information content (AvgIpc) is 2.32. The van der Waals surface area contributed by atoms with Crippen molar-refractivity contribution in [3.8, 4) is 0 Å². The topological polar surface area (TPSA) is 40.5 Å². The lowest BCUT2D eigenvalue weighted by atomic mass is 10.1. The fraction of sp³-hybridized carbons (Fsp3) is 0.500. The number of unbranched alkanes of at least 4 members (excludes halogenated alkanes) is 2. The van der Waals surface area contributed by atoms with E-state index in [0.717, 1.165) is 35.8 Å². The molecule has 0 unspecified atom stereocenters. The van der Waals surface area contributed by atoms with E-state index in [1.807, 2.05) is 32.2 Å². The van der Waals surface area contributed by atoms with E-state index in [0.29, 0.717) is 5.56 Å². The number of aliphatic hydroxyl groups is 1. The van der Waals surface area contributed by atoms with Crippen LogP contribution in [-0.4, -0.2) is 36.1 Å². The number of aliphatic hydroxyl groups excluding tert-OH is 1. The maximum Gasteiger partial charge on any atom is 0.253 e. The molecule has 0 radical (unpaired) electrons. The standard InChI is InChI=1S/C14H20BrNO2/c1-11-8-12(10-13(15)9-11)14(18)16(2)6-4-3-5-7-17/h8-10,17H,3-7H2,1-2H3. The Balaban J connectivity index is 2.57. The highest BCUT2D eigenvalue weighted by Crippen LogP contribution is 2.16. The summed E-state index contributed by atoms with van der Waals surface area (Å²) in [6, 6.07) is 5.73. The van der Waals surface area contributed by atoms with E-state index in [9.17, 15) is 4.79 Å². The summed E-state index contributed by atoms with van der Waals surface area (Å²) in [7, 11) is 1.82. The fourth-order valence-corrected chi connectivity index (χ4v) is 2.43. The lowest BCUT2D eigenvalue weighted by Crippen LogP contribution is -2.27. The second kappa shape index (κ2) is 7.54. The number of aryl methyl sites for hydroxylation is 1. The molecule has 0 aliphatic heterocycles. The molecule has 0 aromatic heterocycles. The van der Waals surface area contributed by atoms with Crippen LogP contribution in [-0.2, 0) is 0 Å². The fourth-order valence-electron chi connectivity index (χ4n) is 1.82. The second-order valence-electron chi connectivity index (χ2n) is 4.53. The summed E-state index contributed by atoms with van der Waals surface area (Å²) in [6.45, 7) is 2.93. The Morgan fingerprint density at radius 1 is 1.28 bits per heavy atom. The van der Waals surface area contributed by atoms with Crippen molar-refractivity contribution in [3.05, 3.63) is 33.8 Å². The van der Waals surface area contributed by atoms with Crippen molar-refractivity contribution in [1.29, 1.82) is 0 Å². The van der Waals surface area contributed by atoms with Crippen molar-refractivity contribution < 1.29 is 9.90 Å². The maximum atomic E-state index is 12.2. The van der Waals surface area contributed by atoms with Crippen LogP contribution in [0, 0.1) is 6.92 Å². The molecule has 0 saturated heterocycles. The van der Waals surface area contributed by atoms with Gasteiger partial charge in [-0.1, -0.05) is 15.9 Å². The third kappa shape index (κ3) is 4.78. The molecule has 0 fully saturated rings. The molecular formula is C14H20BrNO2. The molecule has 1 aromatic carbocycles. The van der Waals surface area contributed by atoms with Gasteiger partial charge in [-0.2, -0.15) is 0 Å². The summed E-state index contributed by atoms with van der Waals surface area (Å²) >= 11 is 3.41. The van der Waals surface area contributed by atoms with E-state index in [2.05, 4.69) is 15.9 Å². The average molecular weight is 314 g/mol. The van der Waals surface area contributed by atoms with Crippen LogP contribution in [0.2, 0.25) is 0 Å². The van der Waals surface area contributed by atoms with Crippen LogP contribution < -0.4 is 0 Å². The van der Waals surface area contributed by atoms with E-state index < -0.39 is 0 Å². The Morgan fingerprint density at radius 2 is 2.00 bits per heavy atom. The first-order valence-corrected chi connectivity index (χ1v) is 6.97. The van der Waals surface area contributed by atoms with Gasteiger partial charge in [-0.15, -0.1) is 0 Å². The molecule has 0 bridgehead atoms. The summed E-state index contributed by atoms with van der Waals surface area (Å²) in [5.74, 6) is 0.0448. The molecule has 1 rings (SSSR count). The number of carbonyl (C=O) groups excluding carboxylic acids is 1. The summed E-state index contributed by atoms with van der Waals surface area (Å²) in [5.41, 5.74) is 1.79. The molecule has 0 spiro atoms. The molecule has 3 nitrogen and oxygen atoms in total. The van der Waals surface area contributed by atoms with Crippen molar-refractivity contribution in [2.45, 2.75) is 26.2 Å². The monoisotopic (exact) mass is 313 g/mol. The van der Waals surface area contributed by atoms with E-state index >= 15 is 0 Å². The SMILES string of the molecule is Cc1cc(Br)cc(C(=O)N(C)CCCCCO)c1. The van der Waals surface area contributed by atoms with Gasteiger partial charge in [-0.3, -0.25) is 4.79 Å². The Bertz CT molecular complexity index is 387. The van der Waals surface area contributed by atoms with Crippen LogP contribution in [0.5, 0.6) is 0 Å². The number of benzene rings is 1. The molecule has 1 N–H and O–H groups in total. The van der Waals surface area contributed by atoms with Crippen molar-refractivity contribution in [2.75, 3.05) is 20.2 Å². The van der Waals surface area contributed by atoms with E-state index in [1.165, 1.54) is 0 Å². The normalized spacial score (nSPS) is 10.4. The molecule has 100 valence electrons. The molecule has 1 aromatic rings. The molecule has 18 heavy (non-hydrogen) atoms. The number of nitrogens with zero attached hydrogens (tertiary/aromatic N) is 1. The van der Waals surface area contributed by atoms with Crippen LogP contribution in [0.4, 0.5) is 0 Å². The maximum absolute atomic E-state index is 12.2. The van der Waals surface area contributed by atoms with Crippen LogP contribution in [0.1, 0.15) is 35.2 Å². The minimum atomic E-state index is 0.0448. The van der Waals surface area contributed by atoms with Gasteiger partial charge in [0.1, 0.15) is 0 Å². The van der Waals surface area contributed by atoms with Gasteiger partial charge in [0.15, 0.2) is 0 Å². The van der Waals surface area contributed by atoms with Crippen LogP contribution in [0.3, 0.4) is 0 Å². The first kappa shape index (κ1) is 15.2. The second-order valence-corrected chi connectivity index (χ2v) is 5.44. The zero-order chi connectivity index (χ0) is 13.5. The van der Waals surface area contributed by atoms with Gasteiger partial charge in [0.05, 0.1) is 0 Å². The number of rotatable bonds is 6. The number of amides is 1. The molecule has 0 atom stereocenters. The third-order valence-corrected chi connectivity index (χ3v) is 3.25. The predicted octanol–water partition coefficient (Wildman–Crippen LogP) is 2.99. The molecule has 1 amide bonds. The van der Waals surface area contributed by atoms with Crippen molar-refractivity contribution in [1.82, 2.24) is 4.90 Å². The smallest absolute Gasteiger partial charge is 0.253 e. The van der Waals surface area contributed by atoms with Gasteiger partial charge in [-0.05, 0) is 49.9 Å². The number of hydrogen-bond acceptors (Lipinski definition) is 2. The largest absolute Gasteiger partial charge is 0.396 e. The minimum absolute atomic E-state index is 0.0448. The highest BCUT2D eigenvalue weighted by molar-refractivity contribution is 9.10. The van der Waals surface area contributed by atoms with Gasteiger partial charge in [-0.25, -0.2) is 0 Å². The van der Waals surface area contributed by atoms with Crippen LogP contribution in [0.15, 0.2) is 22.7 Å². The van der Waals surface area contributed by atoms with Crippen LogP contribution in [0.25, 0.3) is 0 Å². The number of hydrogen-bond donors (Lipinski definition) is 1. The van der Waals surface area contributed by atoms with Crippen LogP contribution >= 0.6 is 15.9 Å². The summed E-state index contributed by atoms with van der Waals surface area (Å²) in [6.07, 6.45) is 2.68. The first-order valence-electron chi connectivity index (χ1n) is 6.18. The lowest BCUT2D eigenvalue weighted by Gasteiger charge is -2.17. The Kier molecular flexibility index (Phi) is 6.36. The molecular weight excluding hydrogens is 294 g/mol.